The fraction of sp³-hybridized carbons (Fsp3) is 0.250. The van der Waals surface area contributed by atoms with E-state index in [9.17, 15) is 9.90 Å². The summed E-state index contributed by atoms with van der Waals surface area (Å²) in [6.45, 7) is 0.465. The lowest BCUT2D eigenvalue weighted by Crippen LogP contribution is -2.37. The van der Waals surface area contributed by atoms with Gasteiger partial charge >= 0.3 is 0 Å². The summed E-state index contributed by atoms with van der Waals surface area (Å²) < 4.78 is 5.43. The minimum Gasteiger partial charge on any atom is -0.496 e. The fourth-order valence-electron chi connectivity index (χ4n) is 3.11. The summed E-state index contributed by atoms with van der Waals surface area (Å²) in [7, 11) is 3.18. The quantitative estimate of drug-likeness (QED) is 0.610. The molecular formula is C20H18N6O3. The molecule has 0 saturated carbocycles. The molecule has 4 rings (SSSR count). The van der Waals surface area contributed by atoms with Crippen molar-refractivity contribution < 1.29 is 14.6 Å². The van der Waals surface area contributed by atoms with E-state index >= 15 is 0 Å². The topological polar surface area (TPSA) is 127 Å². The monoisotopic (exact) mass is 390 g/mol. The van der Waals surface area contributed by atoms with Gasteiger partial charge in [0.25, 0.3) is 5.91 Å². The van der Waals surface area contributed by atoms with Gasteiger partial charge in [-0.25, -0.2) is 19.9 Å². The number of nitrogens with two attached hydrogens (primary N) is 1. The number of nitrogens with zero attached hydrogens (tertiary/aromatic N) is 5. The number of fused-ring (bicyclic) bond motifs is 1. The highest BCUT2D eigenvalue weighted by Gasteiger charge is 2.42. The van der Waals surface area contributed by atoms with Gasteiger partial charge in [0.15, 0.2) is 11.6 Å². The molecule has 0 aliphatic carbocycles. The second-order valence-corrected chi connectivity index (χ2v) is 6.69. The second kappa shape index (κ2) is 7.00. The van der Waals surface area contributed by atoms with E-state index in [1.165, 1.54) is 11.2 Å². The van der Waals surface area contributed by atoms with Crippen molar-refractivity contribution in [2.24, 2.45) is 0 Å². The summed E-state index contributed by atoms with van der Waals surface area (Å²) in [5.41, 5.74) is 6.37. The number of carbonyl (C=O) groups excluding carboxylic acids is 1. The number of aliphatic hydroxyl groups is 1. The largest absolute Gasteiger partial charge is 0.496 e. The SMILES string of the molecule is COc1ccc(C#C[C@]2(O)CCN(C)C2=O)cc1-c1ncc2ncnc(N)c2n1. The molecule has 1 saturated heterocycles. The number of rotatable bonds is 2. The summed E-state index contributed by atoms with van der Waals surface area (Å²) in [4.78, 5) is 30.4. The van der Waals surface area contributed by atoms with Crippen LogP contribution in [0.25, 0.3) is 22.4 Å². The molecule has 2 aromatic heterocycles. The van der Waals surface area contributed by atoms with Crippen molar-refractivity contribution in [3.05, 3.63) is 36.3 Å². The zero-order valence-electron chi connectivity index (χ0n) is 15.9. The zero-order chi connectivity index (χ0) is 20.6. The van der Waals surface area contributed by atoms with Crippen molar-refractivity contribution in [1.82, 2.24) is 24.8 Å². The van der Waals surface area contributed by atoms with E-state index in [1.807, 2.05) is 0 Å². The number of aromatic nitrogens is 4. The van der Waals surface area contributed by atoms with E-state index in [0.29, 0.717) is 40.3 Å². The molecule has 9 heteroatoms. The Morgan fingerprint density at radius 1 is 1.31 bits per heavy atom. The van der Waals surface area contributed by atoms with Crippen LogP contribution in [0.15, 0.2) is 30.7 Å². The average Bonchev–Trinajstić information content (AvgIpc) is 3.00. The predicted molar refractivity (Wildman–Crippen MR) is 106 cm³/mol. The molecule has 29 heavy (non-hydrogen) atoms. The number of likely N-dealkylation sites (tertiary alicyclic amines) is 1. The minimum atomic E-state index is -1.67. The maximum atomic E-state index is 12.1. The zero-order valence-corrected chi connectivity index (χ0v) is 15.9. The van der Waals surface area contributed by atoms with Crippen molar-refractivity contribution in [1.29, 1.82) is 0 Å². The Morgan fingerprint density at radius 3 is 2.86 bits per heavy atom. The molecule has 0 unspecified atom stereocenters. The van der Waals surface area contributed by atoms with Gasteiger partial charge in [-0.2, -0.15) is 0 Å². The third-order valence-corrected chi connectivity index (χ3v) is 4.77. The third-order valence-electron chi connectivity index (χ3n) is 4.77. The molecular weight excluding hydrogens is 372 g/mol. The van der Waals surface area contributed by atoms with Gasteiger partial charge in [-0.1, -0.05) is 11.8 Å². The van der Waals surface area contributed by atoms with Crippen LogP contribution in [0.1, 0.15) is 12.0 Å². The molecule has 1 aliphatic heterocycles. The normalized spacial score (nSPS) is 18.6. The molecule has 1 aromatic carbocycles. The molecule has 1 fully saturated rings. The van der Waals surface area contributed by atoms with Crippen LogP contribution < -0.4 is 10.5 Å². The standard InChI is InChI=1S/C20H18N6O3/c1-26-8-7-20(28,19(26)27)6-5-12-3-4-15(29-2)13(9-12)18-22-10-14-16(25-18)17(21)24-11-23-14/h3-4,9-11,28H,7-8H2,1-2H3,(H2,21,23,24)/t20-/m0/s1. The van der Waals surface area contributed by atoms with Gasteiger partial charge in [-0.15, -0.1) is 0 Å². The van der Waals surface area contributed by atoms with Crippen LogP contribution in [0.2, 0.25) is 0 Å². The maximum absolute atomic E-state index is 12.1. The van der Waals surface area contributed by atoms with Crippen LogP contribution in [0.4, 0.5) is 5.82 Å². The summed E-state index contributed by atoms with van der Waals surface area (Å²) in [5, 5.41) is 10.5. The Hall–Kier alpha value is -3.77. The van der Waals surface area contributed by atoms with Crippen LogP contribution >= 0.6 is 0 Å². The van der Waals surface area contributed by atoms with Gasteiger partial charge < -0.3 is 20.5 Å². The number of methoxy groups -OCH3 is 1. The first-order valence-electron chi connectivity index (χ1n) is 8.84. The summed E-state index contributed by atoms with van der Waals surface area (Å²) in [5.74, 6) is 6.35. The van der Waals surface area contributed by atoms with Crippen molar-refractivity contribution in [2.45, 2.75) is 12.0 Å². The van der Waals surface area contributed by atoms with Crippen LogP contribution in [-0.4, -0.2) is 62.2 Å². The van der Waals surface area contributed by atoms with E-state index < -0.39 is 11.5 Å². The number of nitrogen functional groups attached to an aromatic ring is 1. The van der Waals surface area contributed by atoms with Crippen molar-refractivity contribution in [3.8, 4) is 29.0 Å². The number of benzene rings is 1. The van der Waals surface area contributed by atoms with E-state index in [-0.39, 0.29) is 12.2 Å². The van der Waals surface area contributed by atoms with Crippen molar-refractivity contribution >= 4 is 22.8 Å². The van der Waals surface area contributed by atoms with Gasteiger partial charge in [-0.3, -0.25) is 4.79 Å². The molecule has 1 aliphatic rings. The number of hydrogen-bond donors (Lipinski definition) is 2. The van der Waals surface area contributed by atoms with E-state index in [0.717, 1.165) is 0 Å². The van der Waals surface area contributed by atoms with Crippen molar-refractivity contribution in [2.75, 3.05) is 26.4 Å². The smallest absolute Gasteiger partial charge is 0.267 e. The van der Waals surface area contributed by atoms with E-state index in [2.05, 4.69) is 31.8 Å². The highest BCUT2D eigenvalue weighted by Crippen LogP contribution is 2.30. The molecule has 1 atom stereocenters. The highest BCUT2D eigenvalue weighted by molar-refractivity contribution is 5.90. The molecule has 9 nitrogen and oxygen atoms in total. The van der Waals surface area contributed by atoms with Gasteiger partial charge in [-0.05, 0) is 18.2 Å². The molecule has 0 radical (unpaired) electrons. The van der Waals surface area contributed by atoms with Crippen LogP contribution in [0, 0.1) is 11.8 Å². The maximum Gasteiger partial charge on any atom is 0.267 e. The first-order valence-corrected chi connectivity index (χ1v) is 8.84. The van der Waals surface area contributed by atoms with Gasteiger partial charge in [0.2, 0.25) is 5.60 Å². The summed E-state index contributed by atoms with van der Waals surface area (Å²) in [6.07, 6.45) is 3.18. The molecule has 3 heterocycles. The number of ether oxygens (including phenoxy) is 1. The molecule has 146 valence electrons. The Morgan fingerprint density at radius 2 is 2.14 bits per heavy atom. The van der Waals surface area contributed by atoms with Crippen LogP contribution in [0.3, 0.4) is 0 Å². The van der Waals surface area contributed by atoms with Gasteiger partial charge in [0, 0.05) is 25.6 Å². The number of carbonyl (C=O) groups is 1. The lowest BCUT2D eigenvalue weighted by molar-refractivity contribution is -0.137. The van der Waals surface area contributed by atoms with E-state index in [4.69, 9.17) is 10.5 Å². The lowest BCUT2D eigenvalue weighted by atomic mass is 10.0. The average molecular weight is 390 g/mol. The van der Waals surface area contributed by atoms with Crippen molar-refractivity contribution in [3.63, 3.8) is 0 Å². The molecule has 0 spiro atoms. The first-order chi connectivity index (χ1) is 13.9. The fourth-order valence-corrected chi connectivity index (χ4v) is 3.11. The number of likely N-dealkylation sites (N-methyl/N-ethyl adjacent to an activating group) is 1. The molecule has 1 amide bonds. The first kappa shape index (κ1) is 18.6. The summed E-state index contributed by atoms with van der Waals surface area (Å²) >= 11 is 0. The lowest BCUT2D eigenvalue weighted by Gasteiger charge is -2.13. The minimum absolute atomic E-state index is 0.250. The Kier molecular flexibility index (Phi) is 4.48. The third kappa shape index (κ3) is 3.30. The Labute approximate surface area is 166 Å². The predicted octanol–water partition coefficient (Wildman–Crippen LogP) is 0.622. The van der Waals surface area contributed by atoms with E-state index in [1.54, 1.807) is 38.6 Å². The number of amides is 1. The molecule has 3 aromatic rings. The van der Waals surface area contributed by atoms with Gasteiger partial charge in [0.1, 0.15) is 23.1 Å². The number of hydrogen-bond acceptors (Lipinski definition) is 8. The molecule has 3 N–H and O–H groups in total. The second-order valence-electron chi connectivity index (χ2n) is 6.69. The Bertz CT molecular complexity index is 1190. The summed E-state index contributed by atoms with van der Waals surface area (Å²) in [6, 6.07) is 5.20. The Balaban J connectivity index is 1.77. The highest BCUT2D eigenvalue weighted by atomic mass is 16.5. The van der Waals surface area contributed by atoms with Gasteiger partial charge in [0.05, 0.1) is 18.9 Å². The molecule has 0 bridgehead atoms. The van der Waals surface area contributed by atoms with Crippen LogP contribution in [-0.2, 0) is 4.79 Å². The number of anilines is 1. The van der Waals surface area contributed by atoms with Crippen LogP contribution in [0.5, 0.6) is 5.75 Å².